The van der Waals surface area contributed by atoms with Crippen LogP contribution in [0.3, 0.4) is 0 Å². The van der Waals surface area contributed by atoms with Crippen molar-refractivity contribution in [1.29, 1.82) is 0 Å². The van der Waals surface area contributed by atoms with Crippen molar-refractivity contribution < 1.29 is 56.2 Å². The minimum atomic E-state index is -0.0537. The third-order valence-electron chi connectivity index (χ3n) is 18.8. The van der Waals surface area contributed by atoms with Gasteiger partial charge in [-0.3, -0.25) is 0 Å². The Morgan fingerprint density at radius 3 is 0.706 bits per heavy atom. The van der Waals surface area contributed by atoms with E-state index in [2.05, 4.69) is 148 Å². The van der Waals surface area contributed by atoms with E-state index in [4.69, 9.17) is 30.6 Å². The molecule has 9 rings (SSSR count). The Hall–Kier alpha value is -9.22. The van der Waals surface area contributed by atoms with Gasteiger partial charge in [0.2, 0.25) is 0 Å². The van der Waals surface area contributed by atoms with Crippen LogP contribution >= 0.6 is 0 Å². The highest BCUT2D eigenvalue weighted by molar-refractivity contribution is 5.43. The third kappa shape index (κ3) is 61.7. The fourth-order valence-electron chi connectivity index (χ4n) is 9.71. The fraction of sp³-hybridized carbons (Fsp3) is 0.500. The molecule has 9 aromatic rings. The quantitative estimate of drug-likeness (QED) is 0.0363. The van der Waals surface area contributed by atoms with Crippen molar-refractivity contribution >= 4 is 0 Å². The molecule has 9 atom stereocenters. The zero-order chi connectivity index (χ0) is 76.1. The average Bonchev–Trinajstić information content (AvgIpc) is 0.871. The number of rotatable bonds is 18. The molecule has 0 bridgehead atoms. The van der Waals surface area contributed by atoms with Gasteiger partial charge in [0.25, 0.3) is 0 Å². The summed E-state index contributed by atoms with van der Waals surface area (Å²) < 4.78 is 0. The van der Waals surface area contributed by atoms with Crippen LogP contribution in [0.4, 0.5) is 0 Å². The van der Waals surface area contributed by atoms with Gasteiger partial charge in [0, 0.05) is 12.1 Å². The normalized spacial score (nSPS) is 10.9. The zero-order valence-electron chi connectivity index (χ0n) is 64.1. The Kier molecular flexibility index (Phi) is 112. The van der Waals surface area contributed by atoms with Gasteiger partial charge in [-0.15, -0.1) is 0 Å². The molecule has 11 N–H and O–H groups in total. The van der Waals surface area contributed by atoms with E-state index in [9.17, 15) is 25.5 Å². The van der Waals surface area contributed by atoms with Crippen LogP contribution in [0.1, 0.15) is 419 Å². The van der Waals surface area contributed by atoms with Crippen molar-refractivity contribution in [2.45, 2.75) is 369 Å². The molecule has 0 saturated heterocycles. The number of aromatic hydroxyl groups is 11. The molecule has 0 spiro atoms. The lowest BCUT2D eigenvalue weighted by Gasteiger charge is -2.10. The Balaban J connectivity index is -0.0000000592. The molecule has 9 unspecified atom stereocenters. The van der Waals surface area contributed by atoms with E-state index in [-0.39, 0.29) is 168 Å². The van der Waals surface area contributed by atoms with Crippen LogP contribution in [-0.4, -0.2) is 56.2 Å². The molecule has 0 heterocycles. The van der Waals surface area contributed by atoms with Gasteiger partial charge in [0.15, 0.2) is 11.5 Å². The van der Waals surface area contributed by atoms with Crippen molar-refractivity contribution in [2.24, 2.45) is 0 Å². The van der Waals surface area contributed by atoms with Gasteiger partial charge in [-0.05, 0) is 246 Å². The smallest absolute Gasteiger partial charge is 0.157 e. The maximum Gasteiger partial charge on any atom is 0.157 e. The first kappa shape index (κ1) is 154. The predicted molar refractivity (Wildman–Crippen MR) is 546 cm³/mol. The van der Waals surface area contributed by atoms with Crippen LogP contribution in [0.25, 0.3) is 0 Å². The monoisotopic (exact) mass is 1670 g/mol. The highest BCUT2D eigenvalue weighted by atomic mass is 16.3. The van der Waals surface area contributed by atoms with E-state index in [0.29, 0.717) is 82.0 Å². The first-order chi connectivity index (χ1) is 48.0. The van der Waals surface area contributed by atoms with E-state index in [1.807, 2.05) is 85.8 Å². The standard InChI is InChI=1S/3C10H14O2.5C10H14O.C10H14.18CH4/c1-3-7(2)8-4-9(11)6-10(12)5-8;1-3-7(2)9-5-4-8(11)6-10(9)12;1-3-7(2)8-4-5-9(11)10(12)6-8;3*1-3-8(2)9-4-6-10(11)7-5-9;1-3-8(2)9-5-4-6-10(11)7-9;1-3-8(2)9-6-4-5-7-10(9)11;1-3-9(2)10-7-5-4-6-8-10;;;;;;;;;;;;;;;;;;/h3*4-7,11-12H,3H2,1-2H3;5*4-8,11H,3H2,1-2H3;4-9H,3H2,1-2H3;18*1H4. The molecule has 11 nitrogen and oxygen atoms in total. The molecule has 0 radical (unpaired) electrons. The van der Waals surface area contributed by atoms with Gasteiger partial charge in [-0.25, -0.2) is 0 Å². The van der Waals surface area contributed by atoms with Crippen LogP contribution in [0, 0.1) is 0 Å². The molecular formula is C108H198O11. The molecule has 0 aliphatic rings. The summed E-state index contributed by atoms with van der Waals surface area (Å²) in [5.41, 5.74) is 10.5. The molecule has 0 amide bonds. The summed E-state index contributed by atoms with van der Waals surface area (Å²) in [6, 6.07) is 62.3. The van der Waals surface area contributed by atoms with Gasteiger partial charge >= 0.3 is 0 Å². The van der Waals surface area contributed by atoms with Crippen molar-refractivity contribution in [2.75, 3.05) is 0 Å². The first-order valence-electron chi connectivity index (χ1n) is 36.5. The Labute approximate surface area is 740 Å². The predicted octanol–water partition coefficient (Wildman–Crippen LogP) is 37.0. The minimum absolute atomic E-state index is 0. The lowest BCUT2D eigenvalue weighted by Crippen LogP contribution is -1.90. The van der Waals surface area contributed by atoms with Crippen molar-refractivity contribution in [3.8, 4) is 63.2 Å². The fourth-order valence-corrected chi connectivity index (χ4v) is 9.71. The minimum Gasteiger partial charge on any atom is -0.508 e. The molecule has 0 aromatic heterocycles. The molecule has 119 heavy (non-hydrogen) atoms. The second-order valence-electron chi connectivity index (χ2n) is 26.4. The number of phenols is 11. The van der Waals surface area contributed by atoms with Crippen molar-refractivity contribution in [1.82, 2.24) is 0 Å². The molecule has 0 aliphatic carbocycles. The lowest BCUT2D eigenvalue weighted by molar-refractivity contribution is 0.402. The van der Waals surface area contributed by atoms with Crippen molar-refractivity contribution in [3.63, 3.8) is 0 Å². The zero-order valence-corrected chi connectivity index (χ0v) is 64.1. The second kappa shape index (κ2) is 86.6. The summed E-state index contributed by atoms with van der Waals surface area (Å²) in [5, 5.41) is 101. The summed E-state index contributed by atoms with van der Waals surface area (Å²) in [6.07, 6.45) is 9.86. The maximum atomic E-state index is 9.43. The highest BCUT2D eigenvalue weighted by Gasteiger charge is 2.11. The number of para-hydroxylation sites is 1. The second-order valence-corrected chi connectivity index (χ2v) is 26.4. The van der Waals surface area contributed by atoms with Gasteiger partial charge in [0.1, 0.15) is 51.7 Å². The summed E-state index contributed by atoms with van der Waals surface area (Å²) in [7, 11) is 0. The molecule has 0 aliphatic heterocycles. The topological polar surface area (TPSA) is 223 Å². The van der Waals surface area contributed by atoms with Crippen LogP contribution in [0.5, 0.6) is 63.2 Å². The van der Waals surface area contributed by atoms with E-state index in [0.717, 1.165) is 73.6 Å². The average molecular weight is 1670 g/mol. The largest absolute Gasteiger partial charge is 0.508 e. The first-order valence-corrected chi connectivity index (χ1v) is 36.5. The Bertz CT molecular complexity index is 3450. The van der Waals surface area contributed by atoms with Crippen LogP contribution in [0.2, 0.25) is 0 Å². The third-order valence-corrected chi connectivity index (χ3v) is 18.8. The van der Waals surface area contributed by atoms with E-state index < -0.39 is 0 Å². The van der Waals surface area contributed by atoms with Crippen LogP contribution in [0.15, 0.2) is 206 Å². The van der Waals surface area contributed by atoms with Gasteiger partial charge in [-0.2, -0.15) is 0 Å². The molecular weight excluding hydrogens is 1470 g/mol. The van der Waals surface area contributed by atoms with Gasteiger partial charge in [-0.1, -0.05) is 368 Å². The maximum absolute atomic E-state index is 9.43. The summed E-state index contributed by atoms with van der Waals surface area (Å²) >= 11 is 0. The van der Waals surface area contributed by atoms with Crippen LogP contribution < -0.4 is 0 Å². The lowest BCUT2D eigenvalue weighted by atomic mass is 9.98. The summed E-state index contributed by atoms with van der Waals surface area (Å²) in [6.45, 7) is 38.5. The Morgan fingerprint density at radius 2 is 0.403 bits per heavy atom. The van der Waals surface area contributed by atoms with Gasteiger partial charge < -0.3 is 56.2 Å². The van der Waals surface area contributed by atoms with E-state index in [1.165, 1.54) is 52.4 Å². The van der Waals surface area contributed by atoms with Crippen LogP contribution in [-0.2, 0) is 0 Å². The number of phenolic OH excluding ortho intramolecular Hbond substituents is 11. The molecule has 0 saturated carbocycles. The summed E-state index contributed by atoms with van der Waals surface area (Å²) in [5.74, 6) is 6.91. The molecule has 9 aromatic carbocycles. The molecule has 696 valence electrons. The molecule has 11 heteroatoms. The SMILES string of the molecule is C.C.C.C.C.C.C.C.C.C.C.C.C.C.C.C.C.C.CCC(C)c1cc(O)cc(O)c1.CCC(C)c1ccc(O)c(O)c1.CCC(C)c1ccc(O)cc1.CCC(C)c1ccc(O)cc1.CCC(C)c1ccc(O)cc1.CCC(C)c1ccc(O)cc1O.CCC(C)c1cccc(O)c1.CCC(C)c1ccccc1.CCC(C)c1ccccc1O. The van der Waals surface area contributed by atoms with Crippen molar-refractivity contribution in [3.05, 3.63) is 256 Å². The van der Waals surface area contributed by atoms with E-state index in [1.54, 1.807) is 78.9 Å². The Morgan fingerprint density at radius 1 is 0.160 bits per heavy atom. The number of hydrogen-bond donors (Lipinski definition) is 11. The molecule has 0 fully saturated rings. The number of benzene rings is 9. The highest BCUT2D eigenvalue weighted by Crippen LogP contribution is 2.33. The van der Waals surface area contributed by atoms with Gasteiger partial charge in [0.05, 0.1) is 0 Å². The van der Waals surface area contributed by atoms with E-state index >= 15 is 0 Å². The number of hydrogen-bond acceptors (Lipinski definition) is 11. The summed E-state index contributed by atoms with van der Waals surface area (Å²) in [4.78, 5) is 0.